The van der Waals surface area contributed by atoms with Crippen LogP contribution in [-0.2, 0) is 0 Å². The predicted octanol–water partition coefficient (Wildman–Crippen LogP) is 2.95. The summed E-state index contributed by atoms with van der Waals surface area (Å²) in [6, 6.07) is 0.275. The van der Waals surface area contributed by atoms with E-state index in [0.29, 0.717) is 0 Å². The fourth-order valence-corrected chi connectivity index (χ4v) is 0.756. The van der Waals surface area contributed by atoms with Gasteiger partial charge in [0.1, 0.15) is 5.69 Å². The normalized spacial score (nSPS) is 10.8. The Bertz CT molecular complexity index is 302. The van der Waals surface area contributed by atoms with Gasteiger partial charge in [0.05, 0.1) is 0 Å². The smallest absolute Gasteiger partial charge is 0.229 e. The van der Waals surface area contributed by atoms with Crippen LogP contribution in [0, 0.1) is 11.6 Å². The van der Waals surface area contributed by atoms with Gasteiger partial charge in [0.25, 0.3) is 6.43 Å². The minimum Gasteiger partial charge on any atom is -0.229 e. The summed E-state index contributed by atoms with van der Waals surface area (Å²) in [5.41, 5.74) is -1.14. The highest BCUT2D eigenvalue weighted by Crippen LogP contribution is 2.23. The third-order valence-corrected chi connectivity index (χ3v) is 1.39. The molecule has 0 amide bonds. The Balaban J connectivity index is 3.23. The van der Waals surface area contributed by atoms with Crippen molar-refractivity contribution in [3.05, 3.63) is 28.5 Å². The van der Waals surface area contributed by atoms with Crippen LogP contribution in [0.25, 0.3) is 0 Å². The van der Waals surface area contributed by atoms with E-state index >= 15 is 0 Å². The molecular weight excluding hydrogens is 198 g/mol. The quantitative estimate of drug-likeness (QED) is 0.501. The number of rotatable bonds is 1. The molecule has 0 aliphatic carbocycles. The zero-order valence-corrected chi connectivity index (χ0v) is 6.25. The Morgan fingerprint density at radius 3 is 2.33 bits per heavy atom. The molecule has 0 atom stereocenters. The van der Waals surface area contributed by atoms with Crippen LogP contribution >= 0.6 is 11.6 Å². The lowest BCUT2D eigenvalue weighted by molar-refractivity contribution is 0.140. The molecule has 1 aromatic rings. The average Bonchev–Trinajstić information content (AvgIpc) is 1.96. The van der Waals surface area contributed by atoms with Gasteiger partial charge in [-0.15, -0.1) is 0 Å². The van der Waals surface area contributed by atoms with Crippen molar-refractivity contribution in [2.24, 2.45) is 0 Å². The van der Waals surface area contributed by atoms with E-state index in [0.717, 1.165) is 0 Å². The van der Waals surface area contributed by atoms with Crippen molar-refractivity contribution in [2.75, 3.05) is 0 Å². The summed E-state index contributed by atoms with van der Waals surface area (Å²) in [6.45, 7) is 0. The van der Waals surface area contributed by atoms with E-state index in [2.05, 4.69) is 4.98 Å². The number of nitrogens with zero attached hydrogens (tertiary/aromatic N) is 1. The molecule has 66 valence electrons. The second kappa shape index (κ2) is 3.26. The van der Waals surface area contributed by atoms with Crippen molar-refractivity contribution in [1.29, 1.82) is 0 Å². The van der Waals surface area contributed by atoms with Gasteiger partial charge in [-0.1, -0.05) is 11.6 Å². The zero-order valence-electron chi connectivity index (χ0n) is 5.49. The van der Waals surface area contributed by atoms with E-state index in [-0.39, 0.29) is 6.07 Å². The van der Waals surface area contributed by atoms with Gasteiger partial charge in [0.15, 0.2) is 16.8 Å². The molecular formula is C6H2ClF4N. The van der Waals surface area contributed by atoms with Crippen molar-refractivity contribution in [3.8, 4) is 0 Å². The Kier molecular flexibility index (Phi) is 2.52. The van der Waals surface area contributed by atoms with Crippen LogP contribution < -0.4 is 0 Å². The predicted molar refractivity (Wildman–Crippen MR) is 34.1 cm³/mol. The molecule has 0 unspecified atom stereocenters. The molecule has 1 rings (SSSR count). The topological polar surface area (TPSA) is 12.9 Å². The molecule has 0 saturated heterocycles. The molecule has 0 bridgehead atoms. The first-order valence-corrected chi connectivity index (χ1v) is 3.19. The Morgan fingerprint density at radius 1 is 1.25 bits per heavy atom. The van der Waals surface area contributed by atoms with Gasteiger partial charge in [-0.3, -0.25) is 0 Å². The molecule has 0 aliphatic heterocycles. The van der Waals surface area contributed by atoms with E-state index in [4.69, 9.17) is 11.6 Å². The highest BCUT2D eigenvalue weighted by Gasteiger charge is 2.18. The third kappa shape index (κ3) is 1.66. The van der Waals surface area contributed by atoms with Crippen LogP contribution in [0.15, 0.2) is 6.07 Å². The molecule has 0 saturated carbocycles. The van der Waals surface area contributed by atoms with Gasteiger partial charge < -0.3 is 0 Å². The molecule has 0 fully saturated rings. The highest BCUT2D eigenvalue weighted by atomic mass is 35.5. The van der Waals surface area contributed by atoms with E-state index < -0.39 is 28.9 Å². The van der Waals surface area contributed by atoms with Gasteiger partial charge in [-0.05, 0) is 0 Å². The second-order valence-electron chi connectivity index (χ2n) is 1.93. The molecule has 0 aromatic carbocycles. The summed E-state index contributed by atoms with van der Waals surface area (Å²) in [5.74, 6) is -2.55. The number of alkyl halides is 2. The van der Waals surface area contributed by atoms with Gasteiger partial charge >= 0.3 is 0 Å². The number of aromatic nitrogens is 1. The number of hydrogen-bond donors (Lipinski definition) is 0. The van der Waals surface area contributed by atoms with Gasteiger partial charge in [-0.25, -0.2) is 22.5 Å². The van der Waals surface area contributed by atoms with Gasteiger partial charge in [-0.2, -0.15) is 0 Å². The van der Waals surface area contributed by atoms with E-state index in [1.54, 1.807) is 0 Å². The first-order chi connectivity index (χ1) is 5.52. The lowest BCUT2D eigenvalue weighted by Gasteiger charge is -2.01. The van der Waals surface area contributed by atoms with Crippen LogP contribution in [-0.4, -0.2) is 4.98 Å². The van der Waals surface area contributed by atoms with E-state index in [1.807, 2.05) is 0 Å². The molecule has 1 nitrogen and oxygen atoms in total. The third-order valence-electron chi connectivity index (χ3n) is 1.12. The summed E-state index contributed by atoms with van der Waals surface area (Å²) in [7, 11) is 0. The summed E-state index contributed by atoms with van der Waals surface area (Å²) in [6.07, 6.45) is -3.09. The summed E-state index contributed by atoms with van der Waals surface area (Å²) >= 11 is 5.04. The van der Waals surface area contributed by atoms with Crippen LogP contribution in [0.4, 0.5) is 17.6 Å². The number of pyridine rings is 1. The molecule has 1 aromatic heterocycles. The Labute approximate surface area is 70.0 Å². The van der Waals surface area contributed by atoms with Crippen molar-refractivity contribution in [2.45, 2.75) is 6.43 Å². The van der Waals surface area contributed by atoms with Crippen molar-refractivity contribution in [3.63, 3.8) is 0 Å². The molecule has 6 heteroatoms. The maximum atomic E-state index is 12.4. The van der Waals surface area contributed by atoms with Crippen molar-refractivity contribution in [1.82, 2.24) is 4.98 Å². The largest absolute Gasteiger partial charge is 0.283 e. The summed E-state index contributed by atoms with van der Waals surface area (Å²) in [4.78, 5) is 2.84. The summed E-state index contributed by atoms with van der Waals surface area (Å²) in [5, 5.41) is -0.758. The second-order valence-corrected chi connectivity index (χ2v) is 2.29. The van der Waals surface area contributed by atoms with Crippen LogP contribution in [0.2, 0.25) is 5.15 Å². The molecule has 0 N–H and O–H groups in total. The standard InChI is InChI=1S/C6H2ClF4N/c7-5-3(9)1-2(8)4(12-5)6(10)11/h1,6H. The molecule has 0 spiro atoms. The SMILES string of the molecule is Fc1cc(F)c(C(F)F)nc1Cl. The minimum atomic E-state index is -3.09. The molecule has 0 radical (unpaired) electrons. The van der Waals surface area contributed by atoms with Crippen LogP contribution in [0.5, 0.6) is 0 Å². The highest BCUT2D eigenvalue weighted by molar-refractivity contribution is 6.29. The fraction of sp³-hybridized carbons (Fsp3) is 0.167. The lowest BCUT2D eigenvalue weighted by atomic mass is 10.3. The lowest BCUT2D eigenvalue weighted by Crippen LogP contribution is -1.97. The minimum absolute atomic E-state index is 0.275. The van der Waals surface area contributed by atoms with Crippen LogP contribution in [0.1, 0.15) is 12.1 Å². The average molecular weight is 200 g/mol. The van der Waals surface area contributed by atoms with Crippen LogP contribution in [0.3, 0.4) is 0 Å². The Morgan fingerprint density at radius 2 is 1.83 bits per heavy atom. The van der Waals surface area contributed by atoms with Gasteiger partial charge in [0, 0.05) is 6.07 Å². The number of hydrogen-bond acceptors (Lipinski definition) is 1. The summed E-state index contributed by atoms with van der Waals surface area (Å²) < 4.78 is 48.5. The first kappa shape index (κ1) is 9.25. The number of halogens is 5. The maximum absolute atomic E-state index is 12.4. The van der Waals surface area contributed by atoms with E-state index in [1.165, 1.54) is 0 Å². The fourth-order valence-electron chi connectivity index (χ4n) is 0.610. The van der Waals surface area contributed by atoms with E-state index in [9.17, 15) is 17.6 Å². The van der Waals surface area contributed by atoms with Gasteiger partial charge in [0.2, 0.25) is 0 Å². The maximum Gasteiger partial charge on any atom is 0.283 e. The first-order valence-electron chi connectivity index (χ1n) is 2.82. The Hall–Kier alpha value is -0.840. The zero-order chi connectivity index (χ0) is 9.30. The van der Waals surface area contributed by atoms with Crippen molar-refractivity contribution >= 4 is 11.6 Å². The molecule has 12 heavy (non-hydrogen) atoms. The van der Waals surface area contributed by atoms with Crippen molar-refractivity contribution < 1.29 is 17.6 Å². The molecule has 0 aliphatic rings. The molecule has 1 heterocycles. The monoisotopic (exact) mass is 199 g/mol.